The molecule has 0 rings (SSSR count). The zero-order valence-corrected chi connectivity index (χ0v) is 10.3. The number of rotatable bonds is 7. The number of nitrogens with two attached hydrogens (primary N) is 1. The van der Waals surface area contributed by atoms with Gasteiger partial charge in [-0.25, -0.2) is 0 Å². The van der Waals surface area contributed by atoms with Crippen LogP contribution in [0.2, 0.25) is 0 Å². The van der Waals surface area contributed by atoms with Gasteiger partial charge >= 0.3 is 0 Å². The van der Waals surface area contributed by atoms with Crippen LogP contribution in [-0.4, -0.2) is 32.8 Å². The van der Waals surface area contributed by atoms with Crippen LogP contribution in [0.3, 0.4) is 0 Å². The summed E-state index contributed by atoms with van der Waals surface area (Å²) in [6.45, 7) is 11.5. The minimum absolute atomic E-state index is 0.1000. The van der Waals surface area contributed by atoms with Gasteiger partial charge in [0.05, 0.1) is 6.61 Å². The highest BCUT2D eigenvalue weighted by Crippen LogP contribution is 2.24. The van der Waals surface area contributed by atoms with Crippen molar-refractivity contribution < 1.29 is 4.74 Å². The molecule has 0 aromatic heterocycles. The van der Waals surface area contributed by atoms with Crippen LogP contribution in [0, 0.1) is 11.3 Å². The van der Waals surface area contributed by atoms with E-state index in [-0.39, 0.29) is 6.04 Å². The lowest BCUT2D eigenvalue weighted by molar-refractivity contribution is 0.174. The van der Waals surface area contributed by atoms with Crippen molar-refractivity contribution in [3.8, 4) is 0 Å². The summed E-state index contributed by atoms with van der Waals surface area (Å²) in [5.41, 5.74) is 6.13. The molecule has 0 aromatic rings. The van der Waals surface area contributed by atoms with Crippen LogP contribution in [0.25, 0.3) is 0 Å². The summed E-state index contributed by atoms with van der Waals surface area (Å²) >= 11 is 0. The van der Waals surface area contributed by atoms with Crippen LogP contribution in [0.4, 0.5) is 0 Å². The maximum absolute atomic E-state index is 5.80. The van der Waals surface area contributed by atoms with Crippen molar-refractivity contribution in [3.63, 3.8) is 0 Å². The summed E-state index contributed by atoms with van der Waals surface area (Å²) in [5.74, 6) is 0.675. The predicted octanol–water partition coefficient (Wildman–Crippen LogP) is 1.23. The van der Waals surface area contributed by atoms with E-state index in [1.807, 2.05) is 0 Å². The minimum atomic E-state index is 0.1000. The van der Waals surface area contributed by atoms with E-state index >= 15 is 0 Å². The Hall–Kier alpha value is -0.120. The van der Waals surface area contributed by atoms with Gasteiger partial charge < -0.3 is 15.8 Å². The fraction of sp³-hybridized carbons (Fsp3) is 1.00. The van der Waals surface area contributed by atoms with Crippen LogP contribution >= 0.6 is 0 Å². The van der Waals surface area contributed by atoms with Gasteiger partial charge in [-0.05, 0) is 11.3 Å². The molecule has 0 bridgehead atoms. The van der Waals surface area contributed by atoms with Crippen LogP contribution in [0.15, 0.2) is 0 Å². The van der Waals surface area contributed by atoms with Gasteiger partial charge in [-0.1, -0.05) is 27.7 Å². The summed E-state index contributed by atoms with van der Waals surface area (Å²) < 4.78 is 4.97. The Morgan fingerprint density at radius 2 is 1.93 bits per heavy atom. The SMILES string of the molecule is COCC(N)CNCC(C)(C)C(C)C. The van der Waals surface area contributed by atoms with Gasteiger partial charge in [0.15, 0.2) is 0 Å². The first-order valence-corrected chi connectivity index (χ1v) is 5.35. The average Bonchev–Trinajstić information content (AvgIpc) is 2.04. The van der Waals surface area contributed by atoms with Gasteiger partial charge in [-0.3, -0.25) is 0 Å². The largest absolute Gasteiger partial charge is 0.383 e. The molecule has 3 nitrogen and oxygen atoms in total. The molecule has 0 amide bonds. The van der Waals surface area contributed by atoms with Crippen molar-refractivity contribution in [3.05, 3.63) is 0 Å². The summed E-state index contributed by atoms with van der Waals surface area (Å²) in [5, 5.41) is 3.39. The molecule has 1 unspecified atom stereocenters. The summed E-state index contributed by atoms with van der Waals surface area (Å²) in [4.78, 5) is 0. The van der Waals surface area contributed by atoms with E-state index in [1.165, 1.54) is 0 Å². The molecule has 14 heavy (non-hydrogen) atoms. The molecule has 3 heteroatoms. The Morgan fingerprint density at radius 1 is 1.36 bits per heavy atom. The molecule has 0 fully saturated rings. The van der Waals surface area contributed by atoms with Gasteiger partial charge in [0.25, 0.3) is 0 Å². The van der Waals surface area contributed by atoms with E-state index in [2.05, 4.69) is 33.0 Å². The molecule has 0 radical (unpaired) electrons. The number of methoxy groups -OCH3 is 1. The van der Waals surface area contributed by atoms with Gasteiger partial charge in [0.2, 0.25) is 0 Å². The van der Waals surface area contributed by atoms with Crippen LogP contribution in [-0.2, 0) is 4.74 Å². The first kappa shape index (κ1) is 13.9. The molecular weight excluding hydrogens is 176 g/mol. The fourth-order valence-electron chi connectivity index (χ4n) is 1.06. The van der Waals surface area contributed by atoms with Gasteiger partial charge in [-0.15, -0.1) is 0 Å². The van der Waals surface area contributed by atoms with Gasteiger partial charge in [0.1, 0.15) is 0 Å². The summed E-state index contributed by atoms with van der Waals surface area (Å²) in [6, 6.07) is 0.1000. The molecule has 0 aliphatic carbocycles. The average molecular weight is 202 g/mol. The van der Waals surface area contributed by atoms with Crippen molar-refractivity contribution >= 4 is 0 Å². The monoisotopic (exact) mass is 202 g/mol. The third-order valence-electron chi connectivity index (χ3n) is 2.93. The molecule has 0 aromatic carbocycles. The smallest absolute Gasteiger partial charge is 0.0626 e. The van der Waals surface area contributed by atoms with E-state index in [1.54, 1.807) is 7.11 Å². The lowest BCUT2D eigenvalue weighted by atomic mass is 9.81. The maximum Gasteiger partial charge on any atom is 0.0626 e. The summed E-state index contributed by atoms with van der Waals surface area (Å²) in [6.07, 6.45) is 0. The highest BCUT2D eigenvalue weighted by Gasteiger charge is 2.21. The molecule has 86 valence electrons. The van der Waals surface area contributed by atoms with Crippen LogP contribution in [0.5, 0.6) is 0 Å². The van der Waals surface area contributed by atoms with Crippen molar-refractivity contribution in [1.82, 2.24) is 5.32 Å². The number of ether oxygens (including phenoxy) is 1. The number of nitrogens with one attached hydrogen (secondary N) is 1. The van der Waals surface area contributed by atoms with Crippen molar-refractivity contribution in [1.29, 1.82) is 0 Å². The standard InChI is InChI=1S/C11H26N2O/c1-9(2)11(3,4)8-13-6-10(12)7-14-5/h9-10,13H,6-8,12H2,1-5H3. The molecule has 0 saturated carbocycles. The first-order valence-electron chi connectivity index (χ1n) is 5.35. The Labute approximate surface area is 88.4 Å². The maximum atomic E-state index is 5.80. The number of hydrogen-bond donors (Lipinski definition) is 2. The van der Waals surface area contributed by atoms with E-state index in [0.29, 0.717) is 17.9 Å². The highest BCUT2D eigenvalue weighted by atomic mass is 16.5. The second-order valence-corrected chi connectivity index (χ2v) is 4.99. The van der Waals surface area contributed by atoms with Crippen molar-refractivity contribution in [2.24, 2.45) is 17.1 Å². The van der Waals surface area contributed by atoms with Gasteiger partial charge in [0, 0.05) is 26.2 Å². The predicted molar refractivity (Wildman–Crippen MR) is 61.3 cm³/mol. The third kappa shape index (κ3) is 5.58. The molecule has 0 heterocycles. The molecule has 1 atom stereocenters. The Morgan fingerprint density at radius 3 is 2.36 bits per heavy atom. The van der Waals surface area contributed by atoms with E-state index in [9.17, 15) is 0 Å². The Balaban J connectivity index is 3.62. The highest BCUT2D eigenvalue weighted by molar-refractivity contribution is 4.76. The zero-order valence-electron chi connectivity index (χ0n) is 10.3. The van der Waals surface area contributed by atoms with Crippen molar-refractivity contribution in [2.75, 3.05) is 26.8 Å². The summed E-state index contributed by atoms with van der Waals surface area (Å²) in [7, 11) is 1.68. The second kappa shape index (κ2) is 6.38. The molecule has 3 N–H and O–H groups in total. The lowest BCUT2D eigenvalue weighted by Gasteiger charge is -2.30. The van der Waals surface area contributed by atoms with E-state index < -0.39 is 0 Å². The second-order valence-electron chi connectivity index (χ2n) is 4.99. The third-order valence-corrected chi connectivity index (χ3v) is 2.93. The van der Waals surface area contributed by atoms with E-state index in [4.69, 9.17) is 10.5 Å². The fourth-order valence-corrected chi connectivity index (χ4v) is 1.06. The van der Waals surface area contributed by atoms with Gasteiger partial charge in [-0.2, -0.15) is 0 Å². The van der Waals surface area contributed by atoms with E-state index in [0.717, 1.165) is 13.1 Å². The van der Waals surface area contributed by atoms with Crippen LogP contribution < -0.4 is 11.1 Å². The molecule has 0 spiro atoms. The Bertz CT molecular complexity index is 146. The normalized spacial score (nSPS) is 14.8. The van der Waals surface area contributed by atoms with Crippen LogP contribution in [0.1, 0.15) is 27.7 Å². The quantitative estimate of drug-likeness (QED) is 0.653. The molecule has 0 saturated heterocycles. The lowest BCUT2D eigenvalue weighted by Crippen LogP contribution is -2.42. The minimum Gasteiger partial charge on any atom is -0.383 e. The number of hydrogen-bond acceptors (Lipinski definition) is 3. The molecule has 0 aliphatic heterocycles. The molecular formula is C11H26N2O. The zero-order chi connectivity index (χ0) is 11.2. The topological polar surface area (TPSA) is 47.3 Å². The first-order chi connectivity index (χ1) is 6.40. The molecule has 0 aliphatic rings. The Kier molecular flexibility index (Phi) is 6.33. The van der Waals surface area contributed by atoms with Crippen molar-refractivity contribution in [2.45, 2.75) is 33.7 Å².